The van der Waals surface area contributed by atoms with Crippen LogP contribution < -0.4 is 21.7 Å². The van der Waals surface area contributed by atoms with Crippen molar-refractivity contribution < 1.29 is 31.0 Å². The number of hydrogen-bond acceptors (Lipinski definition) is 2. The van der Waals surface area contributed by atoms with E-state index in [9.17, 15) is 4.79 Å². The molecule has 0 atom stereocenters. The summed E-state index contributed by atoms with van der Waals surface area (Å²) < 4.78 is 6.39. The van der Waals surface area contributed by atoms with Gasteiger partial charge in [-0.05, 0) is 24.3 Å². The van der Waals surface area contributed by atoms with Crippen LogP contribution in [0.15, 0.2) is 42.5 Å². The van der Waals surface area contributed by atoms with Crippen molar-refractivity contribution in [1.82, 2.24) is 0 Å². The van der Waals surface area contributed by atoms with Crippen LogP contribution in [0.25, 0.3) is 10.8 Å². The lowest BCUT2D eigenvalue weighted by atomic mass is 10.1. The number of esters is 1. The van der Waals surface area contributed by atoms with Crippen LogP contribution in [0.2, 0.25) is 0 Å². The molecule has 0 fully saturated rings. The second-order valence-corrected chi connectivity index (χ2v) is 8.95. The SMILES string of the molecule is CCCCCCCCCCCC[N+](C)(C)CC(=O)Oc1cccc2ccccc12.[Br-]. The summed E-state index contributed by atoms with van der Waals surface area (Å²) in [6.45, 7) is 3.69. The van der Waals surface area contributed by atoms with Crippen LogP contribution in [-0.2, 0) is 4.79 Å². The van der Waals surface area contributed by atoms with E-state index >= 15 is 0 Å². The Balaban J connectivity index is 0.00000450. The number of carbonyl (C=O) groups is 1. The molecule has 0 spiro atoms. The maximum Gasteiger partial charge on any atom is 0.367 e. The number of quaternary nitrogens is 1. The normalized spacial score (nSPS) is 11.3. The van der Waals surface area contributed by atoms with Gasteiger partial charge in [0.1, 0.15) is 5.75 Å². The second-order valence-electron chi connectivity index (χ2n) is 8.95. The molecule has 0 aliphatic rings. The maximum absolute atomic E-state index is 12.5. The third-order valence-corrected chi connectivity index (χ3v) is 5.65. The number of halogens is 1. The van der Waals surface area contributed by atoms with Crippen LogP contribution in [0.3, 0.4) is 0 Å². The number of nitrogens with zero attached hydrogens (tertiary/aromatic N) is 1. The molecule has 0 N–H and O–H groups in total. The Bertz CT molecular complexity index is 739. The molecule has 168 valence electrons. The molecule has 3 nitrogen and oxygen atoms in total. The van der Waals surface area contributed by atoms with Crippen LogP contribution in [0.5, 0.6) is 5.75 Å². The van der Waals surface area contributed by atoms with Crippen molar-refractivity contribution >= 4 is 16.7 Å². The predicted octanol–water partition coefficient (Wildman–Crippen LogP) is 3.75. The van der Waals surface area contributed by atoms with E-state index in [1.54, 1.807) is 0 Å². The number of carbonyl (C=O) groups excluding carboxylic acids is 1. The van der Waals surface area contributed by atoms with Crippen LogP contribution in [0.4, 0.5) is 0 Å². The van der Waals surface area contributed by atoms with Crippen molar-refractivity contribution in [3.8, 4) is 5.75 Å². The fourth-order valence-corrected chi connectivity index (χ4v) is 3.90. The summed E-state index contributed by atoms with van der Waals surface area (Å²) in [5.74, 6) is 0.505. The third kappa shape index (κ3) is 10.1. The fourth-order valence-electron chi connectivity index (χ4n) is 3.90. The summed E-state index contributed by atoms with van der Waals surface area (Å²) in [6, 6.07) is 13.9. The average molecular weight is 479 g/mol. The Labute approximate surface area is 194 Å². The maximum atomic E-state index is 12.5. The number of unbranched alkanes of at least 4 members (excludes halogenated alkanes) is 9. The molecule has 2 rings (SSSR count). The summed E-state index contributed by atoms with van der Waals surface area (Å²) in [5, 5.41) is 2.08. The van der Waals surface area contributed by atoms with Crippen molar-refractivity contribution in [2.45, 2.75) is 71.1 Å². The van der Waals surface area contributed by atoms with E-state index in [2.05, 4.69) is 21.0 Å². The Morgan fingerprint density at radius 2 is 1.37 bits per heavy atom. The monoisotopic (exact) mass is 477 g/mol. The summed E-state index contributed by atoms with van der Waals surface area (Å²) in [5.41, 5.74) is 0. The van der Waals surface area contributed by atoms with Gasteiger partial charge in [-0.1, -0.05) is 94.7 Å². The molecule has 2 aromatic rings. The Morgan fingerprint density at radius 3 is 2.03 bits per heavy atom. The Kier molecular flexibility index (Phi) is 13.0. The molecule has 4 heteroatoms. The van der Waals surface area contributed by atoms with Gasteiger partial charge in [-0.3, -0.25) is 0 Å². The lowest BCUT2D eigenvalue weighted by Gasteiger charge is -2.28. The van der Waals surface area contributed by atoms with Crippen LogP contribution in [-0.4, -0.2) is 37.6 Å². The molecular weight excluding hydrogens is 438 g/mol. The average Bonchev–Trinajstić information content (AvgIpc) is 2.69. The van der Waals surface area contributed by atoms with Crippen molar-refractivity contribution in [3.05, 3.63) is 42.5 Å². The zero-order valence-electron chi connectivity index (χ0n) is 19.2. The van der Waals surface area contributed by atoms with Crippen LogP contribution in [0, 0.1) is 0 Å². The highest BCUT2D eigenvalue weighted by Gasteiger charge is 2.21. The predicted molar refractivity (Wildman–Crippen MR) is 123 cm³/mol. The first-order chi connectivity index (χ1) is 14.0. The van der Waals surface area contributed by atoms with Gasteiger partial charge in [0.15, 0.2) is 6.54 Å². The van der Waals surface area contributed by atoms with Gasteiger partial charge in [-0.25, -0.2) is 4.79 Å². The molecule has 0 saturated carbocycles. The molecule has 0 saturated heterocycles. The minimum Gasteiger partial charge on any atom is -1.00 e. The van der Waals surface area contributed by atoms with Gasteiger partial charge in [0, 0.05) is 5.39 Å². The van der Waals surface area contributed by atoms with Gasteiger partial charge < -0.3 is 26.2 Å². The first kappa shape index (κ1) is 26.6. The summed E-state index contributed by atoms with van der Waals surface area (Å²) in [6.07, 6.45) is 13.4. The van der Waals surface area contributed by atoms with E-state index in [4.69, 9.17) is 4.74 Å². The molecule has 0 bridgehead atoms. The van der Waals surface area contributed by atoms with Gasteiger partial charge >= 0.3 is 5.97 Å². The quantitative estimate of drug-likeness (QED) is 0.179. The van der Waals surface area contributed by atoms with Gasteiger partial charge in [0.2, 0.25) is 0 Å². The fraction of sp³-hybridized carbons (Fsp3) is 0.577. The minimum atomic E-state index is -0.154. The summed E-state index contributed by atoms with van der Waals surface area (Å²) >= 11 is 0. The van der Waals surface area contributed by atoms with Crippen molar-refractivity contribution in [1.29, 1.82) is 0 Å². The first-order valence-corrected chi connectivity index (χ1v) is 11.5. The van der Waals surface area contributed by atoms with Gasteiger partial charge in [-0.15, -0.1) is 0 Å². The molecular formula is C26H40BrNO2. The number of fused-ring (bicyclic) bond motifs is 1. The van der Waals surface area contributed by atoms with E-state index < -0.39 is 0 Å². The van der Waals surface area contributed by atoms with E-state index in [1.165, 1.54) is 64.2 Å². The summed E-state index contributed by atoms with van der Waals surface area (Å²) in [4.78, 5) is 12.5. The number of likely N-dealkylation sites (N-methyl/N-ethyl adjacent to an activating group) is 1. The smallest absolute Gasteiger partial charge is 0.367 e. The van der Waals surface area contributed by atoms with Crippen molar-refractivity contribution in [3.63, 3.8) is 0 Å². The van der Waals surface area contributed by atoms with Crippen molar-refractivity contribution in [2.24, 2.45) is 0 Å². The Hall–Kier alpha value is -1.39. The first-order valence-electron chi connectivity index (χ1n) is 11.5. The number of hydrogen-bond donors (Lipinski definition) is 0. The highest BCUT2D eigenvalue weighted by Crippen LogP contribution is 2.25. The minimum absolute atomic E-state index is 0. The standard InChI is InChI=1S/C26H40NO2.BrH/c1-4-5-6-7-8-9-10-11-12-15-21-27(2,3)22-26(28)29-25-20-16-18-23-17-13-14-19-24(23)25;/h13-14,16-20H,4-12,15,21-22H2,1-3H3;1H/q+1;/p-1. The van der Waals surface area contributed by atoms with Crippen LogP contribution in [0.1, 0.15) is 71.1 Å². The van der Waals surface area contributed by atoms with E-state index in [1.807, 2.05) is 42.5 Å². The molecule has 0 unspecified atom stereocenters. The Morgan fingerprint density at radius 1 is 0.800 bits per heavy atom. The third-order valence-electron chi connectivity index (χ3n) is 5.65. The number of ether oxygens (including phenoxy) is 1. The van der Waals surface area contributed by atoms with Crippen LogP contribution >= 0.6 is 0 Å². The second kappa shape index (κ2) is 14.6. The van der Waals surface area contributed by atoms with Crippen molar-refractivity contribution in [2.75, 3.05) is 27.2 Å². The highest BCUT2D eigenvalue weighted by atomic mass is 79.9. The zero-order chi connectivity index (χ0) is 21.0. The van der Waals surface area contributed by atoms with Gasteiger partial charge in [-0.2, -0.15) is 0 Å². The zero-order valence-corrected chi connectivity index (χ0v) is 20.8. The molecule has 0 aromatic heterocycles. The molecule has 0 aliphatic carbocycles. The largest absolute Gasteiger partial charge is 1.00 e. The summed E-state index contributed by atoms with van der Waals surface area (Å²) in [7, 11) is 4.25. The highest BCUT2D eigenvalue weighted by molar-refractivity contribution is 5.90. The van der Waals surface area contributed by atoms with E-state index in [0.717, 1.165) is 17.3 Å². The van der Waals surface area contributed by atoms with E-state index in [0.29, 0.717) is 16.8 Å². The topological polar surface area (TPSA) is 26.3 Å². The van der Waals surface area contributed by atoms with Gasteiger partial charge in [0.25, 0.3) is 0 Å². The number of benzene rings is 2. The lowest BCUT2D eigenvalue weighted by molar-refractivity contribution is -0.883. The molecule has 2 aromatic carbocycles. The van der Waals surface area contributed by atoms with E-state index in [-0.39, 0.29) is 23.0 Å². The molecule has 0 radical (unpaired) electrons. The van der Waals surface area contributed by atoms with Gasteiger partial charge in [0.05, 0.1) is 20.6 Å². The molecule has 0 aliphatic heterocycles. The molecule has 0 heterocycles. The molecule has 30 heavy (non-hydrogen) atoms. The molecule has 0 amide bonds. The lowest BCUT2D eigenvalue weighted by Crippen LogP contribution is -3.00. The number of rotatable bonds is 14.